The zero-order valence-electron chi connectivity index (χ0n) is 9.19. The van der Waals surface area contributed by atoms with Crippen molar-refractivity contribution in [3.63, 3.8) is 0 Å². The third-order valence-electron chi connectivity index (χ3n) is 1.81. The van der Waals surface area contributed by atoms with Gasteiger partial charge in [-0.1, -0.05) is 0 Å². The number of carbonyl (C=O) groups is 3. The summed E-state index contributed by atoms with van der Waals surface area (Å²) in [5.74, 6) is -1.22. The lowest BCUT2D eigenvalue weighted by molar-refractivity contribution is -0.141. The second-order valence-electron chi connectivity index (χ2n) is 3.28. The molecule has 0 unspecified atom stereocenters. The van der Waals surface area contributed by atoms with Crippen LogP contribution in [0.3, 0.4) is 0 Å². The molecule has 7 nitrogen and oxygen atoms in total. The number of hydrogen-bond acceptors (Lipinski definition) is 5. The van der Waals surface area contributed by atoms with E-state index in [1.807, 2.05) is 0 Å². The molecule has 0 bridgehead atoms. The summed E-state index contributed by atoms with van der Waals surface area (Å²) in [6.07, 6.45) is 0.553. The Bertz CT molecular complexity index is 267. The first kappa shape index (κ1) is 14.4. The number of nitrogens with two attached hydrogens (primary N) is 2. The van der Waals surface area contributed by atoms with E-state index in [1.165, 1.54) is 6.92 Å². The zero-order valence-corrected chi connectivity index (χ0v) is 9.19. The first-order valence-corrected chi connectivity index (χ1v) is 4.95. The lowest BCUT2D eigenvalue weighted by atomic mass is 10.1. The van der Waals surface area contributed by atoms with E-state index in [0.29, 0.717) is 19.4 Å². The molecule has 0 aromatic carbocycles. The van der Waals surface area contributed by atoms with E-state index in [4.69, 9.17) is 11.5 Å². The molecule has 2 amide bonds. The highest BCUT2D eigenvalue weighted by Crippen LogP contribution is 2.02. The fourth-order valence-corrected chi connectivity index (χ4v) is 1.16. The summed E-state index contributed by atoms with van der Waals surface area (Å²) in [7, 11) is 0. The summed E-state index contributed by atoms with van der Waals surface area (Å²) < 4.78 is 4.20. The Kier molecular flexibility index (Phi) is 6.86. The number of nitrogens with one attached hydrogen (secondary N) is 1. The van der Waals surface area contributed by atoms with E-state index < -0.39 is 18.1 Å². The van der Waals surface area contributed by atoms with Gasteiger partial charge in [-0.3, -0.25) is 4.79 Å². The fraction of sp³-hybridized carbons (Fsp3) is 0.667. The van der Waals surface area contributed by atoms with Crippen molar-refractivity contribution in [1.82, 2.24) is 5.32 Å². The average molecular weight is 231 g/mol. The van der Waals surface area contributed by atoms with Gasteiger partial charge in [-0.25, -0.2) is 9.59 Å². The minimum absolute atomic E-state index is 0.364. The number of unbranched alkanes of at least 4 members (excludes halogenated alkanes) is 1. The van der Waals surface area contributed by atoms with E-state index in [1.54, 1.807) is 0 Å². The number of ether oxygens (including phenoxy) is 1. The van der Waals surface area contributed by atoms with Crippen molar-refractivity contribution in [3.8, 4) is 0 Å². The van der Waals surface area contributed by atoms with Crippen molar-refractivity contribution >= 4 is 18.0 Å². The maximum Gasteiger partial charge on any atom is 0.412 e. The molecule has 0 aliphatic heterocycles. The van der Waals surface area contributed by atoms with Crippen molar-refractivity contribution in [3.05, 3.63) is 0 Å². The van der Waals surface area contributed by atoms with Gasteiger partial charge in [0.25, 0.3) is 0 Å². The van der Waals surface area contributed by atoms with Crippen LogP contribution in [0, 0.1) is 0 Å². The van der Waals surface area contributed by atoms with Gasteiger partial charge in [0.05, 0.1) is 0 Å². The van der Waals surface area contributed by atoms with Gasteiger partial charge in [0.2, 0.25) is 5.91 Å². The van der Waals surface area contributed by atoms with E-state index >= 15 is 0 Å². The lowest BCUT2D eigenvalue weighted by Gasteiger charge is -2.14. The van der Waals surface area contributed by atoms with Crippen LogP contribution in [0.4, 0.5) is 4.79 Å². The Morgan fingerprint density at radius 3 is 2.38 bits per heavy atom. The average Bonchev–Trinajstić information content (AvgIpc) is 2.14. The summed E-state index contributed by atoms with van der Waals surface area (Å²) in [6.45, 7) is 1.77. The lowest BCUT2D eigenvalue weighted by Crippen LogP contribution is -2.42. The number of amides is 2. The fourth-order valence-electron chi connectivity index (χ4n) is 1.16. The molecular formula is C9H17N3O4. The summed E-state index contributed by atoms with van der Waals surface area (Å²) in [6, 6.07) is -0.850. The Labute approximate surface area is 93.5 Å². The van der Waals surface area contributed by atoms with Crippen LogP contribution in [-0.4, -0.2) is 30.6 Å². The predicted molar refractivity (Wildman–Crippen MR) is 56.2 cm³/mol. The minimum Gasteiger partial charge on any atom is -0.375 e. The quantitative estimate of drug-likeness (QED) is 0.315. The number of carbonyl (C=O) groups excluding carboxylic acids is 3. The number of rotatable bonds is 6. The molecule has 16 heavy (non-hydrogen) atoms. The van der Waals surface area contributed by atoms with Crippen LogP contribution in [0.15, 0.2) is 0 Å². The maximum atomic E-state index is 11.3. The van der Waals surface area contributed by atoms with Crippen molar-refractivity contribution in [2.75, 3.05) is 6.54 Å². The standard InChI is InChI=1S/C9H17N3O4/c1-6(13)12-7(4-2-3-5-10)8(14)16-9(11)15/h7H,2-5,10H2,1H3,(H2,11,15)(H,12,13)/t7-/m0/s1. The van der Waals surface area contributed by atoms with Crippen molar-refractivity contribution in [1.29, 1.82) is 0 Å². The molecule has 0 spiro atoms. The van der Waals surface area contributed by atoms with Gasteiger partial charge >= 0.3 is 12.1 Å². The van der Waals surface area contributed by atoms with Crippen LogP contribution >= 0.6 is 0 Å². The van der Waals surface area contributed by atoms with Crippen LogP contribution < -0.4 is 16.8 Å². The van der Waals surface area contributed by atoms with Gasteiger partial charge in [0.15, 0.2) is 0 Å². The van der Waals surface area contributed by atoms with Crippen LogP contribution in [0.2, 0.25) is 0 Å². The van der Waals surface area contributed by atoms with Crippen LogP contribution in [0.25, 0.3) is 0 Å². The summed E-state index contributed by atoms with van der Waals surface area (Å²) in [5, 5.41) is 2.38. The topological polar surface area (TPSA) is 125 Å². The molecule has 0 radical (unpaired) electrons. The first-order chi connectivity index (χ1) is 7.47. The van der Waals surface area contributed by atoms with Gasteiger partial charge in [-0.15, -0.1) is 0 Å². The zero-order chi connectivity index (χ0) is 12.6. The van der Waals surface area contributed by atoms with Crippen molar-refractivity contribution < 1.29 is 19.1 Å². The molecule has 92 valence electrons. The van der Waals surface area contributed by atoms with E-state index in [2.05, 4.69) is 10.1 Å². The second-order valence-corrected chi connectivity index (χ2v) is 3.28. The molecule has 0 aromatic heterocycles. The molecule has 5 N–H and O–H groups in total. The van der Waals surface area contributed by atoms with Gasteiger partial charge in [-0.05, 0) is 25.8 Å². The third kappa shape index (κ3) is 6.77. The van der Waals surface area contributed by atoms with Gasteiger partial charge < -0.3 is 21.5 Å². The van der Waals surface area contributed by atoms with E-state index in [9.17, 15) is 14.4 Å². The van der Waals surface area contributed by atoms with Gasteiger partial charge in [-0.2, -0.15) is 0 Å². The van der Waals surface area contributed by atoms with Crippen LogP contribution in [0.5, 0.6) is 0 Å². The SMILES string of the molecule is CC(=O)N[C@@H](CCCCN)C(=O)OC(N)=O. The largest absolute Gasteiger partial charge is 0.412 e. The smallest absolute Gasteiger partial charge is 0.375 e. The molecular weight excluding hydrogens is 214 g/mol. The summed E-state index contributed by atoms with van der Waals surface area (Å²) in [5.41, 5.74) is 10.00. The maximum absolute atomic E-state index is 11.3. The molecule has 0 aromatic rings. The Morgan fingerprint density at radius 1 is 1.31 bits per heavy atom. The minimum atomic E-state index is -1.18. The Morgan fingerprint density at radius 2 is 1.94 bits per heavy atom. The molecule has 0 rings (SSSR count). The first-order valence-electron chi connectivity index (χ1n) is 4.95. The van der Waals surface area contributed by atoms with Crippen LogP contribution in [-0.2, 0) is 14.3 Å². The van der Waals surface area contributed by atoms with E-state index in [-0.39, 0.29) is 5.91 Å². The van der Waals surface area contributed by atoms with Gasteiger partial charge in [0, 0.05) is 6.92 Å². The summed E-state index contributed by atoms with van der Waals surface area (Å²) >= 11 is 0. The normalized spacial score (nSPS) is 11.6. The van der Waals surface area contributed by atoms with E-state index in [0.717, 1.165) is 6.42 Å². The highest BCUT2D eigenvalue weighted by molar-refractivity contribution is 5.89. The second kappa shape index (κ2) is 7.63. The molecule has 1 atom stereocenters. The Balaban J connectivity index is 4.23. The predicted octanol–water partition coefficient (Wildman–Crippen LogP) is -0.758. The Hall–Kier alpha value is -1.63. The van der Waals surface area contributed by atoms with Crippen LogP contribution in [0.1, 0.15) is 26.2 Å². The molecule has 7 heteroatoms. The number of primary amides is 1. The molecule has 0 heterocycles. The third-order valence-corrected chi connectivity index (χ3v) is 1.81. The monoisotopic (exact) mass is 231 g/mol. The number of esters is 1. The van der Waals surface area contributed by atoms with Gasteiger partial charge in [0.1, 0.15) is 6.04 Å². The summed E-state index contributed by atoms with van der Waals surface area (Å²) in [4.78, 5) is 32.5. The molecule has 0 aliphatic rings. The number of hydrogen-bond donors (Lipinski definition) is 3. The molecule has 0 saturated carbocycles. The molecule has 0 fully saturated rings. The van der Waals surface area contributed by atoms with Crippen molar-refractivity contribution in [2.24, 2.45) is 11.5 Å². The molecule has 0 aliphatic carbocycles. The molecule has 0 saturated heterocycles. The highest BCUT2D eigenvalue weighted by Gasteiger charge is 2.22. The van der Waals surface area contributed by atoms with Crippen molar-refractivity contribution in [2.45, 2.75) is 32.2 Å². The highest BCUT2D eigenvalue weighted by atomic mass is 16.6.